The van der Waals surface area contributed by atoms with Crippen molar-refractivity contribution in [1.29, 1.82) is 0 Å². The number of hydrogen-bond acceptors (Lipinski definition) is 5. The summed E-state index contributed by atoms with van der Waals surface area (Å²) in [7, 11) is 0. The van der Waals surface area contributed by atoms with E-state index in [0.29, 0.717) is 35.7 Å². The third-order valence-electron chi connectivity index (χ3n) is 6.46. The Bertz CT molecular complexity index is 1160. The van der Waals surface area contributed by atoms with E-state index in [9.17, 15) is 18.0 Å². The van der Waals surface area contributed by atoms with E-state index in [1.165, 1.54) is 12.1 Å². The molecule has 1 saturated heterocycles. The number of hydrogen-bond donors (Lipinski definition) is 1. The molecule has 5 rings (SSSR count). The lowest BCUT2D eigenvalue weighted by molar-refractivity contribution is -0.137. The minimum atomic E-state index is -4.36. The molecule has 2 aromatic heterocycles. The molecule has 3 aromatic rings. The Morgan fingerprint density at radius 1 is 1.16 bits per heavy atom. The zero-order valence-corrected chi connectivity index (χ0v) is 17.6. The van der Waals surface area contributed by atoms with Crippen molar-refractivity contribution >= 4 is 11.0 Å². The molecule has 10 heteroatoms. The van der Waals surface area contributed by atoms with Gasteiger partial charge in [0, 0.05) is 13.1 Å². The molecule has 0 bridgehead atoms. The summed E-state index contributed by atoms with van der Waals surface area (Å²) in [5, 5.41) is 4.93. The second kappa shape index (κ2) is 7.91. The van der Waals surface area contributed by atoms with Crippen molar-refractivity contribution in [3.63, 3.8) is 0 Å². The molecule has 2 fully saturated rings. The first-order valence-electron chi connectivity index (χ1n) is 10.8. The number of nitrogens with zero attached hydrogens (tertiary/aromatic N) is 4. The van der Waals surface area contributed by atoms with Gasteiger partial charge >= 0.3 is 6.18 Å². The fourth-order valence-electron chi connectivity index (χ4n) is 4.52. The molecular weight excluding hydrogens is 423 g/mol. The Hall–Kier alpha value is -2.88. The lowest BCUT2D eigenvalue weighted by atomic mass is 10.1. The van der Waals surface area contributed by atoms with Crippen LogP contribution in [0.5, 0.6) is 5.75 Å². The Balaban J connectivity index is 1.26. The molecule has 0 unspecified atom stereocenters. The summed E-state index contributed by atoms with van der Waals surface area (Å²) in [4.78, 5) is 22.3. The first kappa shape index (κ1) is 21.0. The summed E-state index contributed by atoms with van der Waals surface area (Å²) >= 11 is 0. The van der Waals surface area contributed by atoms with E-state index in [4.69, 9.17) is 9.72 Å². The van der Waals surface area contributed by atoms with Crippen molar-refractivity contribution in [3.05, 3.63) is 52.2 Å². The van der Waals surface area contributed by atoms with Crippen LogP contribution in [0.3, 0.4) is 0 Å². The number of likely N-dealkylation sites (tertiary alicyclic amines) is 1. The number of alkyl halides is 3. The third kappa shape index (κ3) is 3.87. The van der Waals surface area contributed by atoms with Gasteiger partial charge in [0.15, 0.2) is 5.65 Å². The molecule has 2 aliphatic rings. The Morgan fingerprint density at radius 2 is 1.84 bits per heavy atom. The molecule has 1 aliphatic carbocycles. The van der Waals surface area contributed by atoms with Crippen LogP contribution in [0.25, 0.3) is 11.0 Å². The third-order valence-corrected chi connectivity index (χ3v) is 6.46. The minimum Gasteiger partial charge on any atom is -0.488 e. The van der Waals surface area contributed by atoms with Crippen LogP contribution in [0.2, 0.25) is 0 Å². The second-order valence-electron chi connectivity index (χ2n) is 8.61. The van der Waals surface area contributed by atoms with Crippen LogP contribution in [-0.2, 0) is 6.18 Å². The first-order valence-corrected chi connectivity index (χ1v) is 10.8. The van der Waals surface area contributed by atoms with Crippen LogP contribution in [0.1, 0.15) is 56.1 Å². The van der Waals surface area contributed by atoms with E-state index in [-0.39, 0.29) is 23.7 Å². The minimum absolute atomic E-state index is 0.131. The van der Waals surface area contributed by atoms with Crippen molar-refractivity contribution in [1.82, 2.24) is 24.6 Å². The molecule has 0 amide bonds. The molecule has 7 nitrogen and oxygen atoms in total. The van der Waals surface area contributed by atoms with E-state index >= 15 is 0 Å². The van der Waals surface area contributed by atoms with Gasteiger partial charge in [0.05, 0.1) is 23.8 Å². The lowest BCUT2D eigenvalue weighted by Gasteiger charge is -2.42. The average Bonchev–Trinajstić information content (AvgIpc) is 3.39. The van der Waals surface area contributed by atoms with Crippen molar-refractivity contribution < 1.29 is 17.9 Å². The highest BCUT2D eigenvalue weighted by Gasteiger charge is 2.35. The summed E-state index contributed by atoms with van der Waals surface area (Å²) < 4.78 is 45.8. The van der Waals surface area contributed by atoms with Crippen LogP contribution < -0.4 is 10.3 Å². The van der Waals surface area contributed by atoms with E-state index < -0.39 is 11.7 Å². The summed E-state index contributed by atoms with van der Waals surface area (Å²) in [5.41, 5.74) is -0.268. The first-order chi connectivity index (χ1) is 15.3. The van der Waals surface area contributed by atoms with E-state index in [2.05, 4.69) is 15.0 Å². The maximum absolute atomic E-state index is 12.7. The van der Waals surface area contributed by atoms with Crippen molar-refractivity contribution in [2.45, 2.75) is 57.0 Å². The second-order valence-corrected chi connectivity index (χ2v) is 8.61. The van der Waals surface area contributed by atoms with Crippen molar-refractivity contribution in [2.75, 3.05) is 13.1 Å². The van der Waals surface area contributed by atoms with E-state index in [1.54, 1.807) is 6.20 Å². The quantitative estimate of drug-likeness (QED) is 0.638. The standard InChI is InChI=1S/C22H24F3N5O2/c1-13(29-11-17(12-29)32-16-8-6-14(7-9-16)22(23,24)25)19-27-20-18(21(31)28-19)10-26-30(20)15-4-2-3-5-15/h6-10,13,15,17H,2-5,11-12H2,1H3,(H,27,28,31)/t13-/m1/s1. The summed E-state index contributed by atoms with van der Waals surface area (Å²) in [6, 6.07) is 4.87. The maximum Gasteiger partial charge on any atom is 0.416 e. The fraction of sp³-hybridized carbons (Fsp3) is 0.500. The van der Waals surface area contributed by atoms with E-state index in [0.717, 1.165) is 37.8 Å². The average molecular weight is 447 g/mol. The number of fused-ring (bicyclic) bond motifs is 1. The normalized spacial score (nSPS) is 19.4. The topological polar surface area (TPSA) is 76.0 Å². The number of rotatable bonds is 5. The van der Waals surface area contributed by atoms with Gasteiger partial charge in [-0.2, -0.15) is 18.3 Å². The SMILES string of the molecule is C[C@H](c1nc2c(cnn2C2CCCC2)c(=O)[nH]1)N1CC(Oc2ccc(C(F)(F)F)cc2)C1. The van der Waals surface area contributed by atoms with Gasteiger partial charge in [-0.15, -0.1) is 0 Å². The molecule has 1 atom stereocenters. The molecule has 0 radical (unpaired) electrons. The van der Waals surface area contributed by atoms with Crippen LogP contribution in [0.4, 0.5) is 13.2 Å². The maximum atomic E-state index is 12.7. The van der Waals surface area contributed by atoms with Crippen LogP contribution in [0, 0.1) is 0 Å². The van der Waals surface area contributed by atoms with Gasteiger partial charge in [-0.25, -0.2) is 9.67 Å². The highest BCUT2D eigenvalue weighted by Crippen LogP contribution is 2.33. The van der Waals surface area contributed by atoms with Gasteiger partial charge in [-0.3, -0.25) is 9.69 Å². The van der Waals surface area contributed by atoms with Gasteiger partial charge in [0.2, 0.25) is 0 Å². The zero-order valence-electron chi connectivity index (χ0n) is 17.6. The van der Waals surface area contributed by atoms with Gasteiger partial charge < -0.3 is 9.72 Å². The van der Waals surface area contributed by atoms with Gasteiger partial charge in [-0.1, -0.05) is 12.8 Å². The predicted molar refractivity (Wildman–Crippen MR) is 112 cm³/mol. The van der Waals surface area contributed by atoms with Crippen LogP contribution in [-0.4, -0.2) is 43.8 Å². The lowest BCUT2D eigenvalue weighted by Crippen LogP contribution is -2.54. The number of halogens is 3. The Labute approximate surface area is 182 Å². The molecule has 0 spiro atoms. The number of nitrogens with one attached hydrogen (secondary N) is 1. The predicted octanol–water partition coefficient (Wildman–Crippen LogP) is 4.08. The van der Waals surface area contributed by atoms with Crippen molar-refractivity contribution in [3.8, 4) is 5.75 Å². The van der Waals surface area contributed by atoms with E-state index in [1.807, 2.05) is 11.6 Å². The Morgan fingerprint density at radius 3 is 2.50 bits per heavy atom. The van der Waals surface area contributed by atoms with Crippen LogP contribution in [0.15, 0.2) is 35.3 Å². The van der Waals surface area contributed by atoms with Crippen LogP contribution >= 0.6 is 0 Å². The highest BCUT2D eigenvalue weighted by atomic mass is 19.4. The highest BCUT2D eigenvalue weighted by molar-refractivity contribution is 5.73. The molecule has 1 aromatic carbocycles. The number of ether oxygens (including phenoxy) is 1. The van der Waals surface area contributed by atoms with Gasteiger partial charge in [0.25, 0.3) is 5.56 Å². The Kier molecular flexibility index (Phi) is 5.19. The fourth-order valence-corrected chi connectivity index (χ4v) is 4.52. The van der Waals surface area contributed by atoms with Gasteiger partial charge in [0.1, 0.15) is 23.1 Å². The summed E-state index contributed by atoms with van der Waals surface area (Å²) in [6.45, 7) is 3.15. The summed E-state index contributed by atoms with van der Waals surface area (Å²) in [5.74, 6) is 0.985. The van der Waals surface area contributed by atoms with Gasteiger partial charge in [-0.05, 0) is 44.0 Å². The molecule has 1 aliphatic heterocycles. The summed E-state index contributed by atoms with van der Waals surface area (Å²) in [6.07, 6.45) is 1.51. The molecule has 1 N–H and O–H groups in total. The number of aromatic amines is 1. The largest absolute Gasteiger partial charge is 0.488 e. The number of aromatic nitrogens is 4. The molecule has 32 heavy (non-hydrogen) atoms. The molecular formula is C22H24F3N5O2. The smallest absolute Gasteiger partial charge is 0.416 e. The monoisotopic (exact) mass is 447 g/mol. The van der Waals surface area contributed by atoms with Crippen molar-refractivity contribution in [2.24, 2.45) is 0 Å². The zero-order chi connectivity index (χ0) is 22.5. The molecule has 170 valence electrons. The molecule has 1 saturated carbocycles. The number of H-pyrrole nitrogens is 1. The number of benzene rings is 1. The molecule has 3 heterocycles.